The van der Waals surface area contributed by atoms with E-state index in [0.717, 1.165) is 0 Å². The number of halogens is 3. The Bertz CT molecular complexity index is 809. The Morgan fingerprint density at radius 1 is 1.09 bits per heavy atom. The Hall–Kier alpha value is -2.50. The minimum atomic E-state index is -4.50. The van der Waals surface area contributed by atoms with Gasteiger partial charge in [-0.25, -0.2) is 4.98 Å². The quantitative estimate of drug-likeness (QED) is 0.728. The van der Waals surface area contributed by atoms with E-state index in [0.29, 0.717) is 22.3 Å². The fraction of sp³-hybridized carbons (Fsp3) is 0.188. The molecule has 3 rings (SSSR count). The third-order valence-corrected chi connectivity index (χ3v) is 3.38. The van der Waals surface area contributed by atoms with Gasteiger partial charge in [0.2, 0.25) is 5.82 Å². The van der Waals surface area contributed by atoms with E-state index in [9.17, 15) is 13.2 Å². The number of para-hydroxylation sites is 2. The molecule has 0 aliphatic heterocycles. The third kappa shape index (κ3) is 2.64. The molecule has 0 saturated carbocycles. The number of methoxy groups -OCH3 is 1. The molecule has 0 saturated heterocycles. The standard InChI is InChI=1S/C16H13F3N2O/c1-22-12-6-4-5-11(9-12)10-21-14-8-3-2-7-13(14)20-15(21)16(17,18)19/h2-9H,10H2,1H3. The van der Waals surface area contributed by atoms with Crippen LogP contribution in [0.3, 0.4) is 0 Å². The lowest BCUT2D eigenvalue weighted by Gasteiger charge is -2.12. The van der Waals surface area contributed by atoms with E-state index >= 15 is 0 Å². The van der Waals surface area contributed by atoms with Crippen LogP contribution in [-0.2, 0) is 12.7 Å². The molecule has 0 radical (unpaired) electrons. The molecule has 0 atom stereocenters. The predicted octanol–water partition coefficient (Wildman–Crippen LogP) is 4.11. The van der Waals surface area contributed by atoms with E-state index < -0.39 is 12.0 Å². The Morgan fingerprint density at radius 2 is 1.86 bits per heavy atom. The van der Waals surface area contributed by atoms with Gasteiger partial charge in [-0.2, -0.15) is 13.2 Å². The maximum absolute atomic E-state index is 13.2. The first-order chi connectivity index (χ1) is 10.5. The summed E-state index contributed by atoms with van der Waals surface area (Å²) >= 11 is 0. The molecule has 3 nitrogen and oxygen atoms in total. The highest BCUT2D eigenvalue weighted by Gasteiger charge is 2.37. The lowest BCUT2D eigenvalue weighted by atomic mass is 10.2. The molecular weight excluding hydrogens is 293 g/mol. The van der Waals surface area contributed by atoms with Crippen molar-refractivity contribution in [3.05, 3.63) is 59.9 Å². The summed E-state index contributed by atoms with van der Waals surface area (Å²) < 4.78 is 46.0. The van der Waals surface area contributed by atoms with E-state index in [1.54, 1.807) is 48.5 Å². The number of ether oxygens (including phenoxy) is 1. The SMILES string of the molecule is COc1cccc(Cn2c(C(F)(F)F)nc3ccccc32)c1. The van der Waals surface area contributed by atoms with Crippen molar-refractivity contribution < 1.29 is 17.9 Å². The van der Waals surface area contributed by atoms with Gasteiger partial charge in [0.05, 0.1) is 18.1 Å². The van der Waals surface area contributed by atoms with Crippen molar-refractivity contribution in [1.29, 1.82) is 0 Å². The van der Waals surface area contributed by atoms with Gasteiger partial charge >= 0.3 is 6.18 Å². The van der Waals surface area contributed by atoms with Gasteiger partial charge < -0.3 is 9.30 Å². The molecular formula is C16H13F3N2O. The fourth-order valence-electron chi connectivity index (χ4n) is 2.41. The second-order valence-electron chi connectivity index (χ2n) is 4.86. The summed E-state index contributed by atoms with van der Waals surface area (Å²) in [4.78, 5) is 3.73. The van der Waals surface area contributed by atoms with Crippen LogP contribution in [0.15, 0.2) is 48.5 Å². The van der Waals surface area contributed by atoms with Crippen molar-refractivity contribution in [2.45, 2.75) is 12.7 Å². The van der Waals surface area contributed by atoms with Gasteiger partial charge in [-0.3, -0.25) is 0 Å². The smallest absolute Gasteiger partial charge is 0.449 e. The van der Waals surface area contributed by atoms with Crippen molar-refractivity contribution in [2.75, 3.05) is 7.11 Å². The number of imidazole rings is 1. The van der Waals surface area contributed by atoms with Gasteiger partial charge in [0, 0.05) is 6.54 Å². The lowest BCUT2D eigenvalue weighted by molar-refractivity contribution is -0.146. The zero-order valence-corrected chi connectivity index (χ0v) is 11.8. The first kappa shape index (κ1) is 14.4. The van der Waals surface area contributed by atoms with E-state index in [1.807, 2.05) is 0 Å². The zero-order chi connectivity index (χ0) is 15.7. The third-order valence-electron chi connectivity index (χ3n) is 3.38. The molecule has 22 heavy (non-hydrogen) atoms. The highest BCUT2D eigenvalue weighted by molar-refractivity contribution is 5.76. The molecule has 0 unspecified atom stereocenters. The van der Waals surface area contributed by atoms with Crippen LogP contribution in [0.2, 0.25) is 0 Å². The Kier molecular flexibility index (Phi) is 3.52. The van der Waals surface area contributed by atoms with Crippen molar-refractivity contribution in [3.8, 4) is 5.75 Å². The van der Waals surface area contributed by atoms with Gasteiger partial charge in [0.15, 0.2) is 0 Å². The first-order valence-corrected chi connectivity index (χ1v) is 6.64. The van der Waals surface area contributed by atoms with E-state index in [1.165, 1.54) is 11.7 Å². The van der Waals surface area contributed by atoms with Crippen molar-refractivity contribution >= 4 is 11.0 Å². The zero-order valence-electron chi connectivity index (χ0n) is 11.8. The van der Waals surface area contributed by atoms with Gasteiger partial charge in [-0.15, -0.1) is 0 Å². The fourth-order valence-corrected chi connectivity index (χ4v) is 2.41. The molecule has 0 aliphatic carbocycles. The molecule has 6 heteroatoms. The minimum absolute atomic E-state index is 0.0759. The summed E-state index contributed by atoms with van der Waals surface area (Å²) in [6.07, 6.45) is -4.50. The Balaban J connectivity index is 2.12. The molecule has 0 spiro atoms. The summed E-state index contributed by atoms with van der Waals surface area (Å²) in [6, 6.07) is 13.6. The predicted molar refractivity (Wildman–Crippen MR) is 76.8 cm³/mol. The molecule has 0 amide bonds. The summed E-state index contributed by atoms with van der Waals surface area (Å²) in [5.41, 5.74) is 1.50. The van der Waals surface area contributed by atoms with Crippen LogP contribution in [0.1, 0.15) is 11.4 Å². The van der Waals surface area contributed by atoms with Crippen LogP contribution in [0.25, 0.3) is 11.0 Å². The molecule has 0 bridgehead atoms. The molecule has 0 aliphatic rings. The van der Waals surface area contributed by atoms with Crippen LogP contribution >= 0.6 is 0 Å². The van der Waals surface area contributed by atoms with Gasteiger partial charge in [0.25, 0.3) is 0 Å². The average molecular weight is 306 g/mol. The summed E-state index contributed by atoms with van der Waals surface area (Å²) in [7, 11) is 1.52. The highest BCUT2D eigenvalue weighted by Crippen LogP contribution is 2.32. The topological polar surface area (TPSA) is 27.1 Å². The maximum atomic E-state index is 13.2. The Labute approximate surface area is 125 Å². The number of alkyl halides is 3. The van der Waals surface area contributed by atoms with Crippen LogP contribution in [0.5, 0.6) is 5.75 Å². The minimum Gasteiger partial charge on any atom is -0.497 e. The largest absolute Gasteiger partial charge is 0.497 e. The summed E-state index contributed by atoms with van der Waals surface area (Å²) in [6.45, 7) is 0.0759. The second kappa shape index (κ2) is 5.36. The first-order valence-electron chi connectivity index (χ1n) is 6.64. The lowest BCUT2D eigenvalue weighted by Crippen LogP contribution is -2.15. The van der Waals surface area contributed by atoms with Crippen LogP contribution in [0, 0.1) is 0 Å². The van der Waals surface area contributed by atoms with Crippen LogP contribution < -0.4 is 4.74 Å². The number of aromatic nitrogens is 2. The number of benzene rings is 2. The molecule has 0 N–H and O–H groups in total. The van der Waals surface area contributed by atoms with Gasteiger partial charge in [0.1, 0.15) is 5.75 Å². The monoisotopic (exact) mass is 306 g/mol. The average Bonchev–Trinajstić information content (AvgIpc) is 2.87. The summed E-state index contributed by atoms with van der Waals surface area (Å²) in [5, 5.41) is 0. The molecule has 3 aromatic rings. The molecule has 1 heterocycles. The number of rotatable bonds is 3. The van der Waals surface area contributed by atoms with Crippen molar-refractivity contribution in [1.82, 2.24) is 9.55 Å². The second-order valence-corrected chi connectivity index (χ2v) is 4.86. The molecule has 0 fully saturated rings. The number of fused-ring (bicyclic) bond motifs is 1. The van der Waals surface area contributed by atoms with Crippen molar-refractivity contribution in [3.63, 3.8) is 0 Å². The summed E-state index contributed by atoms with van der Waals surface area (Å²) in [5.74, 6) is -0.285. The molecule has 2 aromatic carbocycles. The molecule has 114 valence electrons. The number of hydrogen-bond acceptors (Lipinski definition) is 2. The highest BCUT2D eigenvalue weighted by atomic mass is 19.4. The number of hydrogen-bond donors (Lipinski definition) is 0. The van der Waals surface area contributed by atoms with Crippen molar-refractivity contribution in [2.24, 2.45) is 0 Å². The number of nitrogens with zero attached hydrogens (tertiary/aromatic N) is 2. The van der Waals surface area contributed by atoms with Crippen LogP contribution in [-0.4, -0.2) is 16.7 Å². The van der Waals surface area contributed by atoms with E-state index in [4.69, 9.17) is 4.74 Å². The van der Waals surface area contributed by atoms with Gasteiger partial charge in [-0.05, 0) is 29.8 Å². The van der Waals surface area contributed by atoms with E-state index in [-0.39, 0.29) is 6.54 Å². The van der Waals surface area contributed by atoms with Crippen LogP contribution in [0.4, 0.5) is 13.2 Å². The maximum Gasteiger partial charge on any atom is 0.449 e. The van der Waals surface area contributed by atoms with Gasteiger partial charge in [-0.1, -0.05) is 24.3 Å². The normalized spacial score (nSPS) is 11.8. The van der Waals surface area contributed by atoms with E-state index in [2.05, 4.69) is 4.98 Å². The Morgan fingerprint density at radius 3 is 2.59 bits per heavy atom. The molecule has 1 aromatic heterocycles.